The molecular formula is C18H22N4O2. The number of nitrogens with one attached hydrogen (secondary N) is 3. The third-order valence-electron chi connectivity index (χ3n) is 3.45. The maximum Gasteiger partial charge on any atom is 0.320 e. The van der Waals surface area contributed by atoms with Crippen molar-refractivity contribution in [1.29, 1.82) is 0 Å². The van der Waals surface area contributed by atoms with E-state index in [9.17, 15) is 4.79 Å². The number of carbonyl (C=O) groups excluding carboxylic acids is 1. The number of urea groups is 1. The van der Waals surface area contributed by atoms with Crippen molar-refractivity contribution < 1.29 is 9.53 Å². The SMILES string of the molecule is CC(C)Oc1ccccc1Nc1ccc(NC(=O)NC2CC2)nc1. The summed E-state index contributed by atoms with van der Waals surface area (Å²) < 4.78 is 5.79. The first-order chi connectivity index (χ1) is 11.6. The third kappa shape index (κ3) is 4.62. The highest BCUT2D eigenvalue weighted by atomic mass is 16.5. The van der Waals surface area contributed by atoms with E-state index < -0.39 is 0 Å². The van der Waals surface area contributed by atoms with Crippen molar-refractivity contribution >= 4 is 23.2 Å². The van der Waals surface area contributed by atoms with Crippen molar-refractivity contribution in [1.82, 2.24) is 10.3 Å². The van der Waals surface area contributed by atoms with Gasteiger partial charge in [-0.05, 0) is 51.0 Å². The molecule has 0 bridgehead atoms. The first-order valence-corrected chi connectivity index (χ1v) is 8.16. The van der Waals surface area contributed by atoms with Crippen LogP contribution in [0.25, 0.3) is 0 Å². The number of anilines is 3. The molecule has 3 rings (SSSR count). The van der Waals surface area contributed by atoms with Gasteiger partial charge >= 0.3 is 6.03 Å². The number of pyridine rings is 1. The molecule has 126 valence electrons. The van der Waals surface area contributed by atoms with E-state index >= 15 is 0 Å². The molecule has 0 aliphatic heterocycles. The van der Waals surface area contributed by atoms with Crippen LogP contribution in [-0.4, -0.2) is 23.2 Å². The number of benzene rings is 1. The van der Waals surface area contributed by atoms with Crippen LogP contribution in [0.5, 0.6) is 5.75 Å². The van der Waals surface area contributed by atoms with Crippen LogP contribution >= 0.6 is 0 Å². The quantitative estimate of drug-likeness (QED) is 0.752. The molecule has 1 saturated carbocycles. The Kier molecular flexibility index (Phi) is 4.84. The average molecular weight is 326 g/mol. The first-order valence-electron chi connectivity index (χ1n) is 8.16. The highest BCUT2D eigenvalue weighted by Crippen LogP contribution is 2.28. The minimum absolute atomic E-state index is 0.0997. The molecule has 6 heteroatoms. The van der Waals surface area contributed by atoms with E-state index in [2.05, 4.69) is 20.9 Å². The summed E-state index contributed by atoms with van der Waals surface area (Å²) in [6.07, 6.45) is 3.89. The number of hydrogen-bond acceptors (Lipinski definition) is 4. The fraction of sp³-hybridized carbons (Fsp3) is 0.333. The van der Waals surface area contributed by atoms with Crippen LogP contribution in [0.4, 0.5) is 22.0 Å². The van der Waals surface area contributed by atoms with Crippen LogP contribution < -0.4 is 20.7 Å². The Hall–Kier alpha value is -2.76. The smallest absolute Gasteiger partial charge is 0.320 e. The van der Waals surface area contributed by atoms with Crippen LogP contribution in [0.15, 0.2) is 42.6 Å². The Bertz CT molecular complexity index is 696. The average Bonchev–Trinajstić information content (AvgIpc) is 3.34. The zero-order chi connectivity index (χ0) is 16.9. The highest BCUT2D eigenvalue weighted by Gasteiger charge is 2.23. The van der Waals surface area contributed by atoms with Gasteiger partial charge in [0, 0.05) is 6.04 Å². The van der Waals surface area contributed by atoms with Gasteiger partial charge in [-0.15, -0.1) is 0 Å². The van der Waals surface area contributed by atoms with Gasteiger partial charge in [-0.3, -0.25) is 5.32 Å². The van der Waals surface area contributed by atoms with Gasteiger partial charge in [0.2, 0.25) is 0 Å². The van der Waals surface area contributed by atoms with Crippen molar-refractivity contribution in [2.24, 2.45) is 0 Å². The summed E-state index contributed by atoms with van der Waals surface area (Å²) in [6.45, 7) is 3.98. The molecule has 3 N–H and O–H groups in total. The molecule has 1 aliphatic rings. The Labute approximate surface area is 141 Å². The van der Waals surface area contributed by atoms with E-state index in [1.54, 1.807) is 12.3 Å². The molecule has 6 nitrogen and oxygen atoms in total. The molecule has 1 aromatic heterocycles. The molecule has 0 atom stereocenters. The van der Waals surface area contributed by atoms with Crippen molar-refractivity contribution in [3.05, 3.63) is 42.6 Å². The predicted molar refractivity (Wildman–Crippen MR) is 94.9 cm³/mol. The fourth-order valence-electron chi connectivity index (χ4n) is 2.19. The summed E-state index contributed by atoms with van der Waals surface area (Å²) in [5.74, 6) is 1.31. The van der Waals surface area contributed by atoms with Crippen molar-refractivity contribution in [2.45, 2.75) is 38.8 Å². The second-order valence-corrected chi connectivity index (χ2v) is 6.09. The monoisotopic (exact) mass is 326 g/mol. The Balaban J connectivity index is 1.62. The van der Waals surface area contributed by atoms with Gasteiger partial charge in [0.15, 0.2) is 0 Å². The van der Waals surface area contributed by atoms with Crippen LogP contribution in [0, 0.1) is 0 Å². The summed E-state index contributed by atoms with van der Waals surface area (Å²) in [6, 6.07) is 11.5. The van der Waals surface area contributed by atoms with Gasteiger partial charge in [-0.2, -0.15) is 0 Å². The molecule has 24 heavy (non-hydrogen) atoms. The number of aromatic nitrogens is 1. The van der Waals surface area contributed by atoms with Crippen LogP contribution in [-0.2, 0) is 0 Å². The summed E-state index contributed by atoms with van der Waals surface area (Å²) in [4.78, 5) is 15.9. The number of carbonyl (C=O) groups is 1. The number of rotatable bonds is 6. The number of nitrogens with zero attached hydrogens (tertiary/aromatic N) is 1. The molecule has 0 unspecified atom stereocenters. The van der Waals surface area contributed by atoms with Crippen molar-refractivity contribution in [2.75, 3.05) is 10.6 Å². The third-order valence-corrected chi connectivity index (χ3v) is 3.45. The minimum Gasteiger partial charge on any atom is -0.489 e. The Morgan fingerprint density at radius 2 is 2.00 bits per heavy atom. The predicted octanol–water partition coefficient (Wildman–Crippen LogP) is 3.90. The maximum atomic E-state index is 11.7. The second-order valence-electron chi connectivity index (χ2n) is 6.09. The summed E-state index contributed by atoms with van der Waals surface area (Å²) >= 11 is 0. The van der Waals surface area contributed by atoms with E-state index in [1.807, 2.05) is 44.2 Å². The molecule has 1 aromatic carbocycles. The zero-order valence-electron chi connectivity index (χ0n) is 13.9. The molecule has 1 fully saturated rings. The summed E-state index contributed by atoms with van der Waals surface area (Å²) in [7, 11) is 0. The van der Waals surface area contributed by atoms with Crippen LogP contribution in [0.3, 0.4) is 0 Å². The van der Waals surface area contributed by atoms with E-state index in [0.29, 0.717) is 11.9 Å². The van der Waals surface area contributed by atoms with E-state index in [0.717, 1.165) is 30.0 Å². The lowest BCUT2D eigenvalue weighted by atomic mass is 10.2. The van der Waals surface area contributed by atoms with Crippen molar-refractivity contribution in [3.63, 3.8) is 0 Å². The molecular weight excluding hydrogens is 304 g/mol. The minimum atomic E-state index is -0.207. The van der Waals surface area contributed by atoms with Gasteiger partial charge in [-0.25, -0.2) is 9.78 Å². The lowest BCUT2D eigenvalue weighted by molar-refractivity contribution is 0.244. The lowest BCUT2D eigenvalue weighted by Crippen LogP contribution is -2.30. The van der Waals surface area contributed by atoms with Gasteiger partial charge in [0.25, 0.3) is 0 Å². The maximum absolute atomic E-state index is 11.7. The summed E-state index contributed by atoms with van der Waals surface area (Å²) in [5.41, 5.74) is 1.70. The fourth-order valence-corrected chi connectivity index (χ4v) is 2.19. The van der Waals surface area contributed by atoms with Crippen LogP contribution in [0.2, 0.25) is 0 Å². The van der Waals surface area contributed by atoms with Gasteiger partial charge in [-0.1, -0.05) is 12.1 Å². The molecule has 0 radical (unpaired) electrons. The first kappa shape index (κ1) is 16.1. The Morgan fingerprint density at radius 1 is 1.21 bits per heavy atom. The normalized spacial score (nSPS) is 13.5. The highest BCUT2D eigenvalue weighted by molar-refractivity contribution is 5.88. The molecule has 1 heterocycles. The van der Waals surface area contributed by atoms with Crippen molar-refractivity contribution in [3.8, 4) is 5.75 Å². The van der Waals surface area contributed by atoms with Gasteiger partial charge < -0.3 is 15.4 Å². The Morgan fingerprint density at radius 3 is 2.67 bits per heavy atom. The summed E-state index contributed by atoms with van der Waals surface area (Å²) in [5, 5.41) is 8.87. The lowest BCUT2D eigenvalue weighted by Gasteiger charge is -2.15. The van der Waals surface area contributed by atoms with Crippen LogP contribution in [0.1, 0.15) is 26.7 Å². The number of ether oxygens (including phenoxy) is 1. The zero-order valence-corrected chi connectivity index (χ0v) is 13.9. The molecule has 2 amide bonds. The van der Waals surface area contributed by atoms with Gasteiger partial charge in [0.05, 0.1) is 23.7 Å². The standard InChI is InChI=1S/C18H22N4O2/c1-12(2)24-16-6-4-3-5-15(16)20-14-9-10-17(19-11-14)22-18(23)21-13-7-8-13/h3-6,9-13,20H,7-8H2,1-2H3,(H2,19,21,22,23). The number of para-hydroxylation sites is 2. The molecule has 0 saturated heterocycles. The molecule has 1 aliphatic carbocycles. The van der Waals surface area contributed by atoms with Gasteiger partial charge in [0.1, 0.15) is 11.6 Å². The second kappa shape index (κ2) is 7.21. The molecule has 0 spiro atoms. The topological polar surface area (TPSA) is 75.3 Å². The molecule has 2 aromatic rings. The van der Waals surface area contributed by atoms with E-state index in [1.165, 1.54) is 0 Å². The number of hydrogen-bond donors (Lipinski definition) is 3. The van der Waals surface area contributed by atoms with E-state index in [4.69, 9.17) is 4.74 Å². The number of amides is 2. The van der Waals surface area contributed by atoms with E-state index in [-0.39, 0.29) is 12.1 Å². The largest absolute Gasteiger partial charge is 0.489 e.